The molecular formula is C18H12Cl2N2O2S. The maximum atomic E-state index is 11.9. The zero-order valence-electron chi connectivity index (χ0n) is 12.8. The minimum atomic E-state index is -0.537. The van der Waals surface area contributed by atoms with Gasteiger partial charge in [0.25, 0.3) is 11.8 Å². The molecule has 2 amide bonds. The van der Waals surface area contributed by atoms with Crippen molar-refractivity contribution in [3.8, 4) is 0 Å². The van der Waals surface area contributed by atoms with E-state index in [0.29, 0.717) is 22.0 Å². The fourth-order valence-corrected chi connectivity index (χ4v) is 3.06. The number of halogens is 2. The second kappa shape index (κ2) is 7.35. The number of amides is 2. The molecule has 1 heterocycles. The lowest BCUT2D eigenvalue weighted by atomic mass is 10.0. The van der Waals surface area contributed by atoms with Crippen molar-refractivity contribution in [2.75, 3.05) is 0 Å². The van der Waals surface area contributed by atoms with Gasteiger partial charge in [0.2, 0.25) is 0 Å². The standard InChI is InChI=1S/C18H12Cl2N2O2S/c19-14-4-2-1-3-11(14)9-12-6-5-10(8-15(12)20)7-13-16(23)21-18(25)22-17(13)24/h1-8H,9H2,(H2,21,22,23,24,25). The summed E-state index contributed by atoms with van der Waals surface area (Å²) in [7, 11) is 0. The van der Waals surface area contributed by atoms with E-state index in [4.69, 9.17) is 35.4 Å². The van der Waals surface area contributed by atoms with E-state index in [1.54, 1.807) is 12.1 Å². The first kappa shape index (κ1) is 17.6. The summed E-state index contributed by atoms with van der Waals surface area (Å²) in [5.41, 5.74) is 2.48. The molecule has 7 heteroatoms. The number of nitrogens with one attached hydrogen (secondary N) is 2. The van der Waals surface area contributed by atoms with E-state index in [-0.39, 0.29) is 10.7 Å². The first-order valence-electron chi connectivity index (χ1n) is 7.34. The van der Waals surface area contributed by atoms with Crippen LogP contribution in [0.5, 0.6) is 0 Å². The van der Waals surface area contributed by atoms with Gasteiger partial charge in [0, 0.05) is 16.5 Å². The van der Waals surface area contributed by atoms with Crippen LogP contribution in [0.2, 0.25) is 10.0 Å². The molecule has 0 atom stereocenters. The normalized spacial score (nSPS) is 14.2. The quantitative estimate of drug-likeness (QED) is 0.479. The van der Waals surface area contributed by atoms with Crippen molar-refractivity contribution in [1.82, 2.24) is 10.6 Å². The molecule has 0 spiro atoms. The minimum absolute atomic E-state index is 0.000250. The second-order valence-electron chi connectivity index (χ2n) is 5.41. The molecule has 2 aromatic rings. The highest BCUT2D eigenvalue weighted by Gasteiger charge is 2.25. The van der Waals surface area contributed by atoms with Gasteiger partial charge >= 0.3 is 0 Å². The summed E-state index contributed by atoms with van der Waals surface area (Å²) < 4.78 is 0. The molecule has 126 valence electrons. The molecule has 4 nitrogen and oxygen atoms in total. The highest BCUT2D eigenvalue weighted by molar-refractivity contribution is 7.80. The van der Waals surface area contributed by atoms with Crippen molar-refractivity contribution in [2.45, 2.75) is 6.42 Å². The minimum Gasteiger partial charge on any atom is -0.299 e. The summed E-state index contributed by atoms with van der Waals surface area (Å²) in [6, 6.07) is 12.9. The van der Waals surface area contributed by atoms with Crippen LogP contribution in [-0.4, -0.2) is 16.9 Å². The molecule has 0 unspecified atom stereocenters. The van der Waals surface area contributed by atoms with Crippen LogP contribution in [0, 0.1) is 0 Å². The zero-order valence-corrected chi connectivity index (χ0v) is 15.1. The molecule has 2 N–H and O–H groups in total. The predicted molar refractivity (Wildman–Crippen MR) is 103 cm³/mol. The van der Waals surface area contributed by atoms with Gasteiger partial charge in [-0.1, -0.05) is 53.5 Å². The fourth-order valence-electron chi connectivity index (χ4n) is 2.42. The van der Waals surface area contributed by atoms with Crippen molar-refractivity contribution in [1.29, 1.82) is 0 Å². The molecule has 1 aliphatic heterocycles. The molecular weight excluding hydrogens is 379 g/mol. The average molecular weight is 391 g/mol. The molecule has 1 fully saturated rings. The maximum Gasteiger partial charge on any atom is 0.263 e. The number of benzene rings is 2. The second-order valence-corrected chi connectivity index (χ2v) is 6.64. The van der Waals surface area contributed by atoms with Crippen LogP contribution in [0.3, 0.4) is 0 Å². The van der Waals surface area contributed by atoms with Gasteiger partial charge in [-0.05, 0) is 47.1 Å². The topological polar surface area (TPSA) is 58.2 Å². The van der Waals surface area contributed by atoms with Crippen LogP contribution in [0.4, 0.5) is 0 Å². The van der Waals surface area contributed by atoms with Crippen molar-refractivity contribution < 1.29 is 9.59 Å². The summed E-state index contributed by atoms with van der Waals surface area (Å²) in [6.45, 7) is 0. The Bertz CT molecular complexity index is 903. The number of hydrogen-bond acceptors (Lipinski definition) is 3. The van der Waals surface area contributed by atoms with Crippen molar-refractivity contribution in [3.05, 3.63) is 74.8 Å². The SMILES string of the molecule is O=C1NC(=S)NC(=O)C1=Cc1ccc(Cc2ccccc2Cl)c(Cl)c1. The zero-order chi connectivity index (χ0) is 18.0. The lowest BCUT2D eigenvalue weighted by Crippen LogP contribution is -2.51. The number of carbonyl (C=O) groups excluding carboxylic acids is 2. The average Bonchev–Trinajstić information content (AvgIpc) is 2.55. The van der Waals surface area contributed by atoms with E-state index >= 15 is 0 Å². The summed E-state index contributed by atoms with van der Waals surface area (Å²) in [5, 5.41) is 5.99. The summed E-state index contributed by atoms with van der Waals surface area (Å²) in [5.74, 6) is -1.07. The number of thiocarbonyl (C=S) groups is 1. The third kappa shape index (κ3) is 4.07. The fraction of sp³-hybridized carbons (Fsp3) is 0.0556. The van der Waals surface area contributed by atoms with E-state index in [2.05, 4.69) is 10.6 Å². The van der Waals surface area contributed by atoms with E-state index in [1.807, 2.05) is 30.3 Å². The third-order valence-corrected chi connectivity index (χ3v) is 4.59. The molecule has 1 saturated heterocycles. The molecule has 2 aromatic carbocycles. The Kier molecular flexibility index (Phi) is 5.18. The van der Waals surface area contributed by atoms with Crippen LogP contribution in [0.15, 0.2) is 48.0 Å². The van der Waals surface area contributed by atoms with E-state index in [9.17, 15) is 9.59 Å². The van der Waals surface area contributed by atoms with E-state index in [0.717, 1.165) is 11.1 Å². The van der Waals surface area contributed by atoms with Crippen LogP contribution in [0.25, 0.3) is 6.08 Å². The Morgan fingerprint density at radius 1 is 0.920 bits per heavy atom. The molecule has 25 heavy (non-hydrogen) atoms. The molecule has 0 radical (unpaired) electrons. The molecule has 1 aliphatic rings. The Morgan fingerprint density at radius 2 is 1.56 bits per heavy atom. The lowest BCUT2D eigenvalue weighted by Gasteiger charge is -2.16. The van der Waals surface area contributed by atoms with Crippen molar-refractivity contribution in [2.24, 2.45) is 0 Å². The molecule has 0 bridgehead atoms. The predicted octanol–water partition coefficient (Wildman–Crippen LogP) is 3.50. The molecule has 0 aliphatic carbocycles. The van der Waals surface area contributed by atoms with Gasteiger partial charge in [0.05, 0.1) is 0 Å². The number of carbonyl (C=O) groups is 2. The number of hydrogen-bond donors (Lipinski definition) is 2. The Labute approximate surface area is 159 Å². The van der Waals surface area contributed by atoms with Gasteiger partial charge < -0.3 is 0 Å². The van der Waals surface area contributed by atoms with Crippen molar-refractivity contribution >= 4 is 58.4 Å². The first-order chi connectivity index (χ1) is 11.9. The molecule has 3 rings (SSSR count). The van der Waals surface area contributed by atoms with E-state index < -0.39 is 11.8 Å². The maximum absolute atomic E-state index is 11.9. The number of rotatable bonds is 3. The largest absolute Gasteiger partial charge is 0.299 e. The van der Waals surface area contributed by atoms with Gasteiger partial charge in [0.15, 0.2) is 5.11 Å². The highest BCUT2D eigenvalue weighted by atomic mass is 35.5. The monoisotopic (exact) mass is 390 g/mol. The van der Waals surface area contributed by atoms with Crippen LogP contribution in [-0.2, 0) is 16.0 Å². The van der Waals surface area contributed by atoms with Gasteiger partial charge in [0.1, 0.15) is 5.57 Å². The van der Waals surface area contributed by atoms with Crippen LogP contribution >= 0.6 is 35.4 Å². The Morgan fingerprint density at radius 3 is 2.20 bits per heavy atom. The third-order valence-electron chi connectivity index (χ3n) is 3.67. The van der Waals surface area contributed by atoms with Gasteiger partial charge in [-0.15, -0.1) is 0 Å². The highest BCUT2D eigenvalue weighted by Crippen LogP contribution is 2.25. The summed E-state index contributed by atoms with van der Waals surface area (Å²) >= 11 is 17.3. The first-order valence-corrected chi connectivity index (χ1v) is 8.50. The Hall–Kier alpha value is -2.21. The van der Waals surface area contributed by atoms with Crippen LogP contribution in [0.1, 0.15) is 16.7 Å². The van der Waals surface area contributed by atoms with Crippen molar-refractivity contribution in [3.63, 3.8) is 0 Å². The Balaban J connectivity index is 1.86. The lowest BCUT2D eigenvalue weighted by molar-refractivity contribution is -0.123. The summed E-state index contributed by atoms with van der Waals surface area (Å²) in [6.07, 6.45) is 2.06. The van der Waals surface area contributed by atoms with E-state index in [1.165, 1.54) is 6.08 Å². The van der Waals surface area contributed by atoms with Gasteiger partial charge in [-0.25, -0.2) is 0 Å². The smallest absolute Gasteiger partial charge is 0.263 e. The van der Waals surface area contributed by atoms with Crippen LogP contribution < -0.4 is 10.6 Å². The molecule has 0 aromatic heterocycles. The van der Waals surface area contributed by atoms with Gasteiger partial charge in [-0.3, -0.25) is 20.2 Å². The summed E-state index contributed by atoms with van der Waals surface area (Å²) in [4.78, 5) is 23.7. The molecule has 0 saturated carbocycles. The van der Waals surface area contributed by atoms with Gasteiger partial charge in [-0.2, -0.15) is 0 Å².